The van der Waals surface area contributed by atoms with Crippen molar-refractivity contribution < 1.29 is 13.5 Å². The van der Waals surface area contributed by atoms with E-state index in [2.05, 4.69) is 4.72 Å². The highest BCUT2D eigenvalue weighted by molar-refractivity contribution is 7.89. The number of aliphatic hydroxyl groups excluding tert-OH is 1. The molecular formula is C14H19N3O3S. The van der Waals surface area contributed by atoms with E-state index in [-0.39, 0.29) is 17.2 Å². The Kier molecular flexibility index (Phi) is 4.52. The molecule has 21 heavy (non-hydrogen) atoms. The summed E-state index contributed by atoms with van der Waals surface area (Å²) in [6, 6.07) is 5.98. The number of nitrogen functional groups attached to an aromatic ring is 1. The standard InChI is InChI=1S/C14H19N3O3S/c15-9-11-4-5-13(12(16)8-11)21(19,20)17-14(10-18)6-2-1-3-7-14/h4-5,8,17-18H,1-3,6-7,10,16H2. The summed E-state index contributed by atoms with van der Waals surface area (Å²) in [6.07, 6.45) is 4.03. The van der Waals surface area contributed by atoms with E-state index in [1.54, 1.807) is 0 Å². The minimum atomic E-state index is -3.83. The van der Waals surface area contributed by atoms with Crippen molar-refractivity contribution in [2.75, 3.05) is 12.3 Å². The van der Waals surface area contributed by atoms with Gasteiger partial charge >= 0.3 is 0 Å². The Labute approximate surface area is 124 Å². The summed E-state index contributed by atoms with van der Waals surface area (Å²) in [5.74, 6) is 0. The number of sulfonamides is 1. The monoisotopic (exact) mass is 309 g/mol. The Balaban J connectivity index is 2.32. The summed E-state index contributed by atoms with van der Waals surface area (Å²) in [6.45, 7) is -0.234. The van der Waals surface area contributed by atoms with Gasteiger partial charge in [-0.1, -0.05) is 19.3 Å². The summed E-state index contributed by atoms with van der Waals surface area (Å²) in [7, 11) is -3.83. The summed E-state index contributed by atoms with van der Waals surface area (Å²) in [5.41, 5.74) is 5.27. The number of nitrogens with two attached hydrogens (primary N) is 1. The Morgan fingerprint density at radius 1 is 1.33 bits per heavy atom. The Bertz CT molecular complexity index is 659. The number of aliphatic hydroxyl groups is 1. The van der Waals surface area contributed by atoms with E-state index >= 15 is 0 Å². The van der Waals surface area contributed by atoms with Gasteiger partial charge in [-0.15, -0.1) is 0 Å². The lowest BCUT2D eigenvalue weighted by molar-refractivity contribution is 0.142. The van der Waals surface area contributed by atoms with Crippen LogP contribution in [-0.2, 0) is 10.0 Å². The first-order chi connectivity index (χ1) is 9.92. The number of hydrogen-bond donors (Lipinski definition) is 3. The van der Waals surface area contributed by atoms with Crippen molar-refractivity contribution in [3.63, 3.8) is 0 Å². The van der Waals surface area contributed by atoms with Crippen molar-refractivity contribution in [3.8, 4) is 6.07 Å². The molecule has 2 rings (SSSR count). The normalized spacial score (nSPS) is 18.1. The largest absolute Gasteiger partial charge is 0.398 e. The number of benzene rings is 1. The SMILES string of the molecule is N#Cc1ccc(S(=O)(=O)NC2(CO)CCCCC2)c(N)c1. The molecule has 114 valence electrons. The van der Waals surface area contributed by atoms with Crippen LogP contribution in [0, 0.1) is 11.3 Å². The minimum Gasteiger partial charge on any atom is -0.398 e. The molecule has 6 nitrogen and oxygen atoms in total. The van der Waals surface area contributed by atoms with Gasteiger partial charge in [0.25, 0.3) is 0 Å². The van der Waals surface area contributed by atoms with Crippen LogP contribution in [0.4, 0.5) is 5.69 Å². The van der Waals surface area contributed by atoms with Gasteiger partial charge in [0.15, 0.2) is 0 Å². The van der Waals surface area contributed by atoms with Crippen LogP contribution in [0.1, 0.15) is 37.7 Å². The maximum Gasteiger partial charge on any atom is 0.243 e. The highest BCUT2D eigenvalue weighted by atomic mass is 32.2. The lowest BCUT2D eigenvalue weighted by Gasteiger charge is -2.36. The molecule has 0 atom stereocenters. The third kappa shape index (κ3) is 3.35. The predicted octanol–water partition coefficient (Wildman–Crippen LogP) is 1.11. The van der Waals surface area contributed by atoms with Crippen LogP contribution in [0.2, 0.25) is 0 Å². The van der Waals surface area contributed by atoms with Gasteiger partial charge < -0.3 is 10.8 Å². The number of hydrogen-bond acceptors (Lipinski definition) is 5. The molecule has 0 radical (unpaired) electrons. The van der Waals surface area contributed by atoms with Crippen molar-refractivity contribution >= 4 is 15.7 Å². The Morgan fingerprint density at radius 3 is 2.52 bits per heavy atom. The van der Waals surface area contributed by atoms with E-state index in [0.717, 1.165) is 19.3 Å². The molecule has 1 aliphatic rings. The Morgan fingerprint density at radius 2 is 2.00 bits per heavy atom. The average molecular weight is 309 g/mol. The molecule has 0 heterocycles. The van der Waals surface area contributed by atoms with E-state index in [4.69, 9.17) is 11.0 Å². The molecule has 1 saturated carbocycles. The van der Waals surface area contributed by atoms with E-state index in [9.17, 15) is 13.5 Å². The lowest BCUT2D eigenvalue weighted by atomic mass is 9.83. The van der Waals surface area contributed by atoms with E-state index in [1.807, 2.05) is 6.07 Å². The third-order valence-corrected chi connectivity index (χ3v) is 5.55. The number of nitriles is 1. The van der Waals surface area contributed by atoms with Gasteiger partial charge in [-0.2, -0.15) is 5.26 Å². The molecule has 0 aliphatic heterocycles. The molecule has 0 bridgehead atoms. The van der Waals surface area contributed by atoms with Crippen molar-refractivity contribution in [2.45, 2.75) is 42.5 Å². The van der Waals surface area contributed by atoms with Gasteiger partial charge in [-0.3, -0.25) is 0 Å². The maximum atomic E-state index is 12.5. The second-order valence-electron chi connectivity index (χ2n) is 5.47. The second kappa shape index (κ2) is 6.02. The lowest BCUT2D eigenvalue weighted by Crippen LogP contribution is -2.52. The van der Waals surface area contributed by atoms with Crippen LogP contribution in [0.5, 0.6) is 0 Å². The van der Waals surface area contributed by atoms with Gasteiger partial charge in [0.2, 0.25) is 10.0 Å². The highest BCUT2D eigenvalue weighted by Gasteiger charge is 2.36. The van der Waals surface area contributed by atoms with Crippen LogP contribution in [0.3, 0.4) is 0 Å². The van der Waals surface area contributed by atoms with Gasteiger partial charge in [-0.25, -0.2) is 13.1 Å². The fourth-order valence-electron chi connectivity index (χ4n) is 2.72. The summed E-state index contributed by atoms with van der Waals surface area (Å²) >= 11 is 0. The van der Waals surface area contributed by atoms with Gasteiger partial charge in [-0.05, 0) is 31.0 Å². The molecule has 0 spiro atoms. The van der Waals surface area contributed by atoms with Crippen LogP contribution in [0.25, 0.3) is 0 Å². The number of nitrogens with one attached hydrogen (secondary N) is 1. The summed E-state index contributed by atoms with van der Waals surface area (Å²) in [4.78, 5) is -0.0556. The molecular weight excluding hydrogens is 290 g/mol. The number of nitrogens with zero attached hydrogens (tertiary/aromatic N) is 1. The Hall–Kier alpha value is -1.62. The molecule has 1 aromatic carbocycles. The van der Waals surface area contributed by atoms with Crippen molar-refractivity contribution in [1.82, 2.24) is 4.72 Å². The van der Waals surface area contributed by atoms with E-state index in [0.29, 0.717) is 18.4 Å². The molecule has 1 aromatic rings. The molecule has 0 amide bonds. The van der Waals surface area contributed by atoms with E-state index < -0.39 is 15.6 Å². The highest BCUT2D eigenvalue weighted by Crippen LogP contribution is 2.30. The zero-order valence-corrected chi connectivity index (χ0v) is 12.5. The number of anilines is 1. The van der Waals surface area contributed by atoms with E-state index in [1.165, 1.54) is 18.2 Å². The molecule has 7 heteroatoms. The van der Waals surface area contributed by atoms with Crippen molar-refractivity contribution in [2.24, 2.45) is 0 Å². The first-order valence-corrected chi connectivity index (χ1v) is 8.35. The first-order valence-electron chi connectivity index (χ1n) is 6.87. The molecule has 0 unspecified atom stereocenters. The van der Waals surface area contributed by atoms with Crippen LogP contribution in [0.15, 0.2) is 23.1 Å². The summed E-state index contributed by atoms with van der Waals surface area (Å²) in [5, 5.41) is 18.4. The first kappa shape index (κ1) is 15.8. The second-order valence-corrected chi connectivity index (χ2v) is 7.12. The zero-order chi connectivity index (χ0) is 15.5. The van der Waals surface area contributed by atoms with Gasteiger partial charge in [0.1, 0.15) is 4.90 Å². The van der Waals surface area contributed by atoms with Gasteiger partial charge in [0, 0.05) is 0 Å². The smallest absolute Gasteiger partial charge is 0.243 e. The summed E-state index contributed by atoms with van der Waals surface area (Å²) < 4.78 is 27.6. The molecule has 4 N–H and O–H groups in total. The van der Waals surface area contributed by atoms with Gasteiger partial charge in [0.05, 0.1) is 29.5 Å². The molecule has 1 fully saturated rings. The predicted molar refractivity (Wildman–Crippen MR) is 78.8 cm³/mol. The average Bonchev–Trinajstić information content (AvgIpc) is 2.47. The van der Waals surface area contributed by atoms with Crippen molar-refractivity contribution in [1.29, 1.82) is 5.26 Å². The van der Waals surface area contributed by atoms with Crippen LogP contribution in [-0.4, -0.2) is 25.7 Å². The molecule has 1 aliphatic carbocycles. The van der Waals surface area contributed by atoms with Crippen molar-refractivity contribution in [3.05, 3.63) is 23.8 Å². The van der Waals surface area contributed by atoms with Crippen LogP contribution < -0.4 is 10.5 Å². The fraction of sp³-hybridized carbons (Fsp3) is 0.500. The van der Waals surface area contributed by atoms with Crippen LogP contribution >= 0.6 is 0 Å². The quantitative estimate of drug-likeness (QED) is 0.720. The molecule has 0 aromatic heterocycles. The third-order valence-electron chi connectivity index (χ3n) is 3.89. The maximum absolute atomic E-state index is 12.5. The fourth-order valence-corrected chi connectivity index (χ4v) is 4.29. The minimum absolute atomic E-state index is 0.0328. The topological polar surface area (TPSA) is 116 Å². The zero-order valence-electron chi connectivity index (χ0n) is 11.7. The molecule has 0 saturated heterocycles. The number of rotatable bonds is 4.